The Bertz CT molecular complexity index is 935. The molecule has 0 radical (unpaired) electrons. The van der Waals surface area contributed by atoms with Crippen LogP contribution in [0.3, 0.4) is 0 Å². The highest BCUT2D eigenvalue weighted by Gasteiger charge is 2.31. The lowest BCUT2D eigenvalue weighted by atomic mass is 9.90. The van der Waals surface area contributed by atoms with Gasteiger partial charge in [0.15, 0.2) is 0 Å². The van der Waals surface area contributed by atoms with E-state index in [-0.39, 0.29) is 17.4 Å². The van der Waals surface area contributed by atoms with Gasteiger partial charge < -0.3 is 5.32 Å². The predicted octanol–water partition coefficient (Wildman–Crippen LogP) is 5.16. The summed E-state index contributed by atoms with van der Waals surface area (Å²) in [7, 11) is 0. The summed E-state index contributed by atoms with van der Waals surface area (Å²) < 4.78 is 1.97. The summed E-state index contributed by atoms with van der Waals surface area (Å²) in [5.41, 5.74) is 4.02. The first kappa shape index (κ1) is 18.8. The van der Waals surface area contributed by atoms with E-state index in [0.29, 0.717) is 0 Å². The summed E-state index contributed by atoms with van der Waals surface area (Å²) in [6, 6.07) is 19.9. The highest BCUT2D eigenvalue weighted by molar-refractivity contribution is 7.98. The molecule has 0 spiro atoms. The molecule has 0 aliphatic carbocycles. The first-order valence-corrected chi connectivity index (χ1v) is 10.7. The molecule has 0 fully saturated rings. The Labute approximate surface area is 170 Å². The molecule has 4 nitrogen and oxygen atoms in total. The van der Waals surface area contributed by atoms with Crippen molar-refractivity contribution in [1.29, 1.82) is 0 Å². The van der Waals surface area contributed by atoms with Gasteiger partial charge in [0.25, 0.3) is 0 Å². The lowest BCUT2D eigenvalue weighted by molar-refractivity contribution is -0.116. The SMILES string of the molecule is CC(C)(C)n1nc2c(c1NC(=O)C(c1ccccc1)c1ccccc1)CSC2. The average Bonchev–Trinajstić information content (AvgIpc) is 3.26. The van der Waals surface area contributed by atoms with Crippen LogP contribution in [0.4, 0.5) is 5.82 Å². The van der Waals surface area contributed by atoms with E-state index in [1.807, 2.05) is 77.1 Å². The van der Waals surface area contributed by atoms with Gasteiger partial charge in [-0.1, -0.05) is 60.7 Å². The number of hydrogen-bond donors (Lipinski definition) is 1. The zero-order chi connectivity index (χ0) is 19.7. The zero-order valence-corrected chi connectivity index (χ0v) is 17.3. The molecule has 144 valence electrons. The van der Waals surface area contributed by atoms with E-state index in [9.17, 15) is 4.79 Å². The minimum Gasteiger partial charge on any atom is -0.310 e. The van der Waals surface area contributed by atoms with Crippen LogP contribution in [0, 0.1) is 0 Å². The lowest BCUT2D eigenvalue weighted by Gasteiger charge is -2.25. The third-order valence-corrected chi connectivity index (χ3v) is 5.93. The van der Waals surface area contributed by atoms with Crippen LogP contribution in [0.5, 0.6) is 0 Å². The van der Waals surface area contributed by atoms with E-state index in [1.54, 1.807) is 0 Å². The van der Waals surface area contributed by atoms with Gasteiger partial charge in [-0.25, -0.2) is 4.68 Å². The van der Waals surface area contributed by atoms with Gasteiger partial charge in [-0.2, -0.15) is 16.9 Å². The van der Waals surface area contributed by atoms with Crippen molar-refractivity contribution < 1.29 is 4.79 Å². The van der Waals surface area contributed by atoms with Crippen LogP contribution in [0.2, 0.25) is 0 Å². The van der Waals surface area contributed by atoms with E-state index >= 15 is 0 Å². The molecule has 2 heterocycles. The fraction of sp³-hybridized carbons (Fsp3) is 0.304. The fourth-order valence-corrected chi connectivity index (χ4v) is 4.64. The van der Waals surface area contributed by atoms with Crippen LogP contribution in [-0.4, -0.2) is 15.7 Å². The number of nitrogens with one attached hydrogen (secondary N) is 1. The van der Waals surface area contributed by atoms with Crippen LogP contribution in [0.15, 0.2) is 60.7 Å². The molecule has 0 saturated carbocycles. The fourth-order valence-electron chi connectivity index (χ4n) is 3.60. The number of aromatic nitrogens is 2. The maximum Gasteiger partial charge on any atom is 0.237 e. The summed E-state index contributed by atoms with van der Waals surface area (Å²) in [5.74, 6) is 2.25. The molecule has 1 amide bonds. The molecule has 5 heteroatoms. The van der Waals surface area contributed by atoms with Gasteiger partial charge >= 0.3 is 0 Å². The van der Waals surface area contributed by atoms with E-state index in [4.69, 9.17) is 5.10 Å². The van der Waals surface area contributed by atoms with Crippen molar-refractivity contribution in [2.45, 2.75) is 43.7 Å². The van der Waals surface area contributed by atoms with Crippen LogP contribution >= 0.6 is 11.8 Å². The number of carbonyl (C=O) groups excluding carboxylic acids is 1. The molecular formula is C23H25N3OS. The van der Waals surface area contributed by atoms with Crippen LogP contribution in [0.1, 0.15) is 49.1 Å². The van der Waals surface area contributed by atoms with Gasteiger partial charge in [-0.05, 0) is 31.9 Å². The predicted molar refractivity (Wildman–Crippen MR) is 116 cm³/mol. The van der Waals surface area contributed by atoms with E-state index in [0.717, 1.165) is 39.7 Å². The van der Waals surface area contributed by atoms with Gasteiger partial charge in [0, 0.05) is 17.1 Å². The number of nitrogens with zero attached hydrogens (tertiary/aromatic N) is 2. The molecule has 2 aromatic carbocycles. The molecule has 28 heavy (non-hydrogen) atoms. The Morgan fingerprint density at radius 1 is 1.00 bits per heavy atom. The summed E-state index contributed by atoms with van der Waals surface area (Å²) >= 11 is 1.84. The second kappa shape index (κ2) is 7.47. The van der Waals surface area contributed by atoms with Crippen molar-refractivity contribution in [3.05, 3.63) is 83.0 Å². The Balaban J connectivity index is 1.74. The number of anilines is 1. The summed E-state index contributed by atoms with van der Waals surface area (Å²) in [4.78, 5) is 13.5. The quantitative estimate of drug-likeness (QED) is 0.668. The van der Waals surface area contributed by atoms with E-state index < -0.39 is 0 Å². The van der Waals surface area contributed by atoms with Crippen LogP contribution in [-0.2, 0) is 21.8 Å². The highest BCUT2D eigenvalue weighted by atomic mass is 32.2. The maximum atomic E-state index is 13.5. The number of fused-ring (bicyclic) bond motifs is 1. The largest absolute Gasteiger partial charge is 0.310 e. The van der Waals surface area contributed by atoms with Crippen molar-refractivity contribution in [3.8, 4) is 0 Å². The highest BCUT2D eigenvalue weighted by Crippen LogP contribution is 2.38. The standard InChI is InChI=1S/C23H25N3OS/c1-23(2,3)26-21(18-14-28-15-19(18)25-26)24-22(27)20(16-10-6-4-7-11-16)17-12-8-5-9-13-17/h4-13,20H,14-15H2,1-3H3,(H,24,27). The molecule has 0 atom stereocenters. The molecule has 1 N–H and O–H groups in total. The van der Waals surface area contributed by atoms with Gasteiger partial charge in [0.1, 0.15) is 5.82 Å². The second-order valence-corrected chi connectivity index (χ2v) is 9.08. The molecule has 1 aliphatic heterocycles. The molecule has 4 rings (SSSR count). The monoisotopic (exact) mass is 391 g/mol. The van der Waals surface area contributed by atoms with Crippen LogP contribution < -0.4 is 5.32 Å². The Morgan fingerprint density at radius 2 is 1.57 bits per heavy atom. The minimum atomic E-state index is -0.365. The number of hydrogen-bond acceptors (Lipinski definition) is 3. The zero-order valence-electron chi connectivity index (χ0n) is 16.5. The van der Waals surface area contributed by atoms with Crippen molar-refractivity contribution in [1.82, 2.24) is 9.78 Å². The molecule has 0 bridgehead atoms. The molecule has 1 aliphatic rings. The third kappa shape index (κ3) is 3.59. The summed E-state index contributed by atoms with van der Waals surface area (Å²) in [6.45, 7) is 6.34. The molecular weight excluding hydrogens is 366 g/mol. The number of thioether (sulfide) groups is 1. The third-order valence-electron chi connectivity index (χ3n) is 4.96. The number of carbonyl (C=O) groups is 1. The molecule has 0 unspecified atom stereocenters. The molecule has 3 aromatic rings. The minimum absolute atomic E-state index is 0.0255. The number of benzene rings is 2. The van der Waals surface area contributed by atoms with Gasteiger partial charge in [0.05, 0.1) is 17.2 Å². The van der Waals surface area contributed by atoms with Crippen molar-refractivity contribution in [2.75, 3.05) is 5.32 Å². The summed E-state index contributed by atoms with van der Waals surface area (Å²) in [6.07, 6.45) is 0. The van der Waals surface area contributed by atoms with Crippen molar-refractivity contribution >= 4 is 23.5 Å². The van der Waals surface area contributed by atoms with E-state index in [2.05, 4.69) is 26.1 Å². The van der Waals surface area contributed by atoms with Gasteiger partial charge in [-0.3, -0.25) is 4.79 Å². The Kier molecular flexibility index (Phi) is 5.02. The molecule has 0 saturated heterocycles. The summed E-state index contributed by atoms with van der Waals surface area (Å²) in [5, 5.41) is 8.04. The normalized spacial score (nSPS) is 13.6. The van der Waals surface area contributed by atoms with Crippen molar-refractivity contribution in [3.63, 3.8) is 0 Å². The second-order valence-electron chi connectivity index (χ2n) is 8.09. The Morgan fingerprint density at radius 3 is 2.11 bits per heavy atom. The van der Waals surface area contributed by atoms with Crippen LogP contribution in [0.25, 0.3) is 0 Å². The molecule has 1 aromatic heterocycles. The topological polar surface area (TPSA) is 46.9 Å². The lowest BCUT2D eigenvalue weighted by Crippen LogP contribution is -2.29. The average molecular weight is 392 g/mol. The maximum absolute atomic E-state index is 13.5. The van der Waals surface area contributed by atoms with Crippen molar-refractivity contribution in [2.24, 2.45) is 0 Å². The van der Waals surface area contributed by atoms with Gasteiger partial charge in [0.2, 0.25) is 5.91 Å². The first-order chi connectivity index (χ1) is 13.4. The van der Waals surface area contributed by atoms with Gasteiger partial charge in [-0.15, -0.1) is 0 Å². The smallest absolute Gasteiger partial charge is 0.237 e. The van der Waals surface area contributed by atoms with E-state index in [1.165, 1.54) is 0 Å². The first-order valence-electron chi connectivity index (χ1n) is 9.55. The Hall–Kier alpha value is -2.53. The number of rotatable bonds is 4. The number of amides is 1.